The fourth-order valence-corrected chi connectivity index (χ4v) is 1.97. The van der Waals surface area contributed by atoms with Crippen LogP contribution >= 0.6 is 11.6 Å². The van der Waals surface area contributed by atoms with Gasteiger partial charge in [0.05, 0.1) is 11.6 Å². The molecular weight excluding hydrogens is 200 g/mol. The van der Waals surface area contributed by atoms with E-state index in [1.807, 2.05) is 0 Å². The van der Waals surface area contributed by atoms with E-state index in [0.717, 1.165) is 30.7 Å². The molecule has 0 N–H and O–H groups in total. The van der Waals surface area contributed by atoms with Crippen molar-refractivity contribution in [2.24, 2.45) is 5.92 Å². The quantitative estimate of drug-likeness (QED) is 0.725. The number of aromatic nitrogens is 1. The molecule has 1 aliphatic rings. The van der Waals surface area contributed by atoms with Crippen LogP contribution in [0.25, 0.3) is 0 Å². The zero-order chi connectivity index (χ0) is 9.97. The van der Waals surface area contributed by atoms with E-state index < -0.39 is 0 Å². The molecule has 1 atom stereocenters. The second-order valence-electron chi connectivity index (χ2n) is 3.76. The van der Waals surface area contributed by atoms with Crippen LogP contribution in [0.2, 0.25) is 0 Å². The zero-order valence-corrected chi connectivity index (χ0v) is 9.13. The smallest absolute Gasteiger partial charge is 0.297 e. The highest BCUT2D eigenvalue weighted by atomic mass is 35.5. The standard InChI is InChI=1S/C10H15ClN2O/c1-2-8-3-4-13(6-8)10-12-9(5-11)7-14-10/h7-8H,2-6H2,1H3. The molecule has 0 spiro atoms. The first-order chi connectivity index (χ1) is 6.83. The van der Waals surface area contributed by atoms with Crippen LogP contribution in [-0.2, 0) is 5.88 Å². The summed E-state index contributed by atoms with van der Waals surface area (Å²) in [6.45, 7) is 4.35. The van der Waals surface area contributed by atoms with Crippen LogP contribution in [0.15, 0.2) is 10.7 Å². The molecule has 0 aliphatic carbocycles. The Bertz CT molecular complexity index is 300. The zero-order valence-electron chi connectivity index (χ0n) is 8.37. The van der Waals surface area contributed by atoms with Crippen molar-refractivity contribution in [3.05, 3.63) is 12.0 Å². The lowest BCUT2D eigenvalue weighted by Gasteiger charge is -2.12. The summed E-state index contributed by atoms with van der Waals surface area (Å²) in [4.78, 5) is 6.51. The van der Waals surface area contributed by atoms with Crippen LogP contribution in [0, 0.1) is 5.92 Å². The summed E-state index contributed by atoms with van der Waals surface area (Å²) < 4.78 is 5.36. The summed E-state index contributed by atoms with van der Waals surface area (Å²) in [7, 11) is 0. The predicted molar refractivity (Wildman–Crippen MR) is 56.7 cm³/mol. The summed E-state index contributed by atoms with van der Waals surface area (Å²) in [5.41, 5.74) is 0.821. The molecule has 2 heterocycles. The maximum Gasteiger partial charge on any atom is 0.297 e. The highest BCUT2D eigenvalue weighted by molar-refractivity contribution is 6.16. The molecule has 1 aromatic rings. The van der Waals surface area contributed by atoms with Gasteiger partial charge in [0.2, 0.25) is 0 Å². The van der Waals surface area contributed by atoms with Crippen LogP contribution in [-0.4, -0.2) is 18.1 Å². The van der Waals surface area contributed by atoms with Crippen LogP contribution < -0.4 is 4.90 Å². The molecule has 1 aliphatic heterocycles. The Balaban J connectivity index is 2.02. The third-order valence-electron chi connectivity index (χ3n) is 2.81. The lowest BCUT2D eigenvalue weighted by Crippen LogP contribution is -2.19. The number of nitrogens with zero attached hydrogens (tertiary/aromatic N) is 2. The monoisotopic (exact) mass is 214 g/mol. The van der Waals surface area contributed by atoms with Crippen LogP contribution in [0.1, 0.15) is 25.5 Å². The largest absolute Gasteiger partial charge is 0.432 e. The predicted octanol–water partition coefficient (Wildman–Crippen LogP) is 2.65. The van der Waals surface area contributed by atoms with E-state index in [2.05, 4.69) is 16.8 Å². The average Bonchev–Trinajstić information content (AvgIpc) is 2.86. The van der Waals surface area contributed by atoms with Crippen LogP contribution in [0.5, 0.6) is 0 Å². The Kier molecular flexibility index (Phi) is 2.96. The Morgan fingerprint density at radius 2 is 2.57 bits per heavy atom. The maximum atomic E-state index is 5.66. The van der Waals surface area contributed by atoms with E-state index in [0.29, 0.717) is 5.88 Å². The Morgan fingerprint density at radius 3 is 3.14 bits per heavy atom. The van der Waals surface area contributed by atoms with E-state index >= 15 is 0 Å². The third kappa shape index (κ3) is 1.87. The number of anilines is 1. The Morgan fingerprint density at radius 1 is 1.71 bits per heavy atom. The van der Waals surface area contributed by atoms with Gasteiger partial charge in [0.25, 0.3) is 6.01 Å². The normalized spacial score (nSPS) is 21.9. The second-order valence-corrected chi connectivity index (χ2v) is 4.03. The number of alkyl halides is 1. The third-order valence-corrected chi connectivity index (χ3v) is 3.08. The molecule has 0 bridgehead atoms. The first-order valence-electron chi connectivity index (χ1n) is 5.08. The van der Waals surface area contributed by atoms with Crippen molar-refractivity contribution in [3.63, 3.8) is 0 Å². The number of hydrogen-bond donors (Lipinski definition) is 0. The van der Waals surface area contributed by atoms with Gasteiger partial charge in [-0.2, -0.15) is 4.98 Å². The van der Waals surface area contributed by atoms with E-state index in [1.165, 1.54) is 12.8 Å². The van der Waals surface area contributed by atoms with Gasteiger partial charge >= 0.3 is 0 Å². The average molecular weight is 215 g/mol. The molecule has 1 aromatic heterocycles. The van der Waals surface area contributed by atoms with E-state index in [1.54, 1.807) is 6.26 Å². The van der Waals surface area contributed by atoms with Gasteiger partial charge in [0.1, 0.15) is 6.26 Å². The van der Waals surface area contributed by atoms with Gasteiger partial charge < -0.3 is 9.32 Å². The van der Waals surface area contributed by atoms with Gasteiger partial charge in [-0.05, 0) is 12.3 Å². The fourth-order valence-electron chi connectivity index (χ4n) is 1.84. The molecule has 1 saturated heterocycles. The summed E-state index contributed by atoms with van der Waals surface area (Å²) in [6, 6.07) is 0.733. The molecule has 4 heteroatoms. The van der Waals surface area contributed by atoms with E-state index in [9.17, 15) is 0 Å². The molecule has 1 unspecified atom stereocenters. The Labute approximate surface area is 89.1 Å². The first kappa shape index (κ1) is 9.84. The van der Waals surface area contributed by atoms with E-state index in [-0.39, 0.29) is 0 Å². The van der Waals surface area contributed by atoms with Gasteiger partial charge in [-0.15, -0.1) is 11.6 Å². The summed E-state index contributed by atoms with van der Waals surface area (Å²) >= 11 is 5.66. The summed E-state index contributed by atoms with van der Waals surface area (Å²) in [5, 5.41) is 0. The minimum Gasteiger partial charge on any atom is -0.432 e. The van der Waals surface area contributed by atoms with Crippen LogP contribution in [0.4, 0.5) is 6.01 Å². The molecule has 0 amide bonds. The number of halogens is 1. The van der Waals surface area contributed by atoms with Crippen molar-refractivity contribution in [3.8, 4) is 0 Å². The molecule has 14 heavy (non-hydrogen) atoms. The molecule has 0 saturated carbocycles. The fraction of sp³-hybridized carbons (Fsp3) is 0.700. The SMILES string of the molecule is CCC1CCN(c2nc(CCl)co2)C1. The maximum absolute atomic E-state index is 5.66. The molecular formula is C10H15ClN2O. The van der Waals surface area contributed by atoms with Gasteiger partial charge in [-0.25, -0.2) is 0 Å². The van der Waals surface area contributed by atoms with Crippen molar-refractivity contribution < 1.29 is 4.42 Å². The van der Waals surface area contributed by atoms with Gasteiger partial charge in [0, 0.05) is 13.1 Å². The molecule has 2 rings (SSSR count). The molecule has 3 nitrogen and oxygen atoms in total. The second kappa shape index (κ2) is 4.22. The van der Waals surface area contributed by atoms with Crippen molar-refractivity contribution >= 4 is 17.6 Å². The van der Waals surface area contributed by atoms with Crippen molar-refractivity contribution in [1.82, 2.24) is 4.98 Å². The van der Waals surface area contributed by atoms with Crippen molar-refractivity contribution in [1.29, 1.82) is 0 Å². The van der Waals surface area contributed by atoms with Crippen molar-refractivity contribution in [2.45, 2.75) is 25.6 Å². The molecule has 1 fully saturated rings. The van der Waals surface area contributed by atoms with E-state index in [4.69, 9.17) is 16.0 Å². The number of rotatable bonds is 3. The minimum absolute atomic E-state index is 0.425. The lowest BCUT2D eigenvalue weighted by molar-refractivity contribution is 0.533. The van der Waals surface area contributed by atoms with Gasteiger partial charge in [-0.3, -0.25) is 0 Å². The van der Waals surface area contributed by atoms with Crippen molar-refractivity contribution in [2.75, 3.05) is 18.0 Å². The molecule has 0 radical (unpaired) electrons. The lowest BCUT2D eigenvalue weighted by atomic mass is 10.1. The Hall–Kier alpha value is -0.700. The number of oxazole rings is 1. The van der Waals surface area contributed by atoms with Gasteiger partial charge in [0.15, 0.2) is 0 Å². The summed E-state index contributed by atoms with van der Waals surface area (Å²) in [5.74, 6) is 1.22. The number of hydrogen-bond acceptors (Lipinski definition) is 3. The minimum atomic E-state index is 0.425. The van der Waals surface area contributed by atoms with Crippen LogP contribution in [0.3, 0.4) is 0 Å². The molecule has 78 valence electrons. The highest BCUT2D eigenvalue weighted by Crippen LogP contribution is 2.24. The highest BCUT2D eigenvalue weighted by Gasteiger charge is 2.24. The molecule has 0 aromatic carbocycles. The summed E-state index contributed by atoms with van der Waals surface area (Å²) in [6.07, 6.45) is 4.12. The topological polar surface area (TPSA) is 29.3 Å². The van der Waals surface area contributed by atoms with Gasteiger partial charge in [-0.1, -0.05) is 13.3 Å². The first-order valence-corrected chi connectivity index (χ1v) is 5.62.